The van der Waals surface area contributed by atoms with Crippen molar-refractivity contribution in [1.29, 1.82) is 0 Å². The predicted octanol–water partition coefficient (Wildman–Crippen LogP) is 4.42. The number of alkyl carbamates (subject to hydrolysis) is 2. The molecule has 4 atom stereocenters. The predicted molar refractivity (Wildman–Crippen MR) is 260 cm³/mol. The number of aliphatic imine (C=N–C) groups is 1. The van der Waals surface area contributed by atoms with Gasteiger partial charge in [-0.2, -0.15) is 0 Å². The molecule has 3 saturated carbocycles. The molecule has 8 rings (SSSR count). The maximum Gasteiger partial charge on any atom is 0.407 e. The van der Waals surface area contributed by atoms with Gasteiger partial charge in [0.05, 0.1) is 0 Å². The summed E-state index contributed by atoms with van der Waals surface area (Å²) in [5.74, 6) is -2.39. The first-order valence-corrected chi connectivity index (χ1v) is 23.7. The van der Waals surface area contributed by atoms with E-state index in [9.17, 15) is 28.8 Å². The van der Waals surface area contributed by atoms with Crippen LogP contribution in [-0.4, -0.2) is 85.6 Å². The first-order valence-electron chi connectivity index (χ1n) is 23.7. The zero-order chi connectivity index (χ0) is 48.8. The summed E-state index contributed by atoms with van der Waals surface area (Å²) in [6.45, 7) is 0.602. The first-order chi connectivity index (χ1) is 33.4. The first kappa shape index (κ1) is 49.5. The Kier molecular flexibility index (Phi) is 16.9. The van der Waals surface area contributed by atoms with E-state index in [1.165, 1.54) is 0 Å². The molecule has 0 heterocycles. The molecule has 11 N–H and O–H groups in total. The summed E-state index contributed by atoms with van der Waals surface area (Å²) < 4.78 is 11.1. The molecule has 4 aromatic carbocycles. The Bertz CT molecular complexity index is 2400. The number of nitrogens with zero attached hydrogens (tertiary/aromatic N) is 1. The molecule has 17 heteroatoms. The lowest BCUT2D eigenvalue weighted by atomic mass is 9.43. The van der Waals surface area contributed by atoms with E-state index in [1.54, 1.807) is 24.3 Å². The monoisotopic (exact) mass is 941 g/mol. The normalized spacial score (nSPS) is 17.9. The lowest BCUT2D eigenvalue weighted by molar-refractivity contribution is -0.139. The third kappa shape index (κ3) is 13.6. The Morgan fingerprint density at radius 2 is 1.14 bits per heavy atom. The number of hydrogen-bond donors (Lipinski definition) is 8. The minimum absolute atomic E-state index is 0.0449. The highest BCUT2D eigenvalue weighted by atomic mass is 16.6. The van der Waals surface area contributed by atoms with Crippen LogP contribution in [-0.2, 0) is 41.7 Å². The molecule has 6 amide bonds. The molecule has 0 aliphatic heterocycles. The summed E-state index contributed by atoms with van der Waals surface area (Å²) in [6.07, 6.45) is 3.34. The number of unbranched alkanes of at least 4 members (excludes halogenated alkanes) is 1. The third-order valence-electron chi connectivity index (χ3n) is 13.3. The van der Waals surface area contributed by atoms with Gasteiger partial charge < -0.3 is 53.3 Å². The van der Waals surface area contributed by atoms with Crippen LogP contribution >= 0.6 is 0 Å². The molecule has 0 saturated heterocycles. The molecule has 0 radical (unpaired) electrons. The number of nitrogens with one attached hydrogen (secondary N) is 5. The highest BCUT2D eigenvalue weighted by Gasteiger charge is 2.57. The largest absolute Gasteiger partial charge is 0.449 e. The van der Waals surface area contributed by atoms with E-state index in [-0.39, 0.29) is 69.3 Å². The van der Waals surface area contributed by atoms with E-state index in [0.717, 1.165) is 52.6 Å². The molecule has 3 fully saturated rings. The molecule has 4 aliphatic carbocycles. The van der Waals surface area contributed by atoms with Gasteiger partial charge in [-0.3, -0.25) is 24.2 Å². The van der Waals surface area contributed by atoms with Crippen LogP contribution in [0.2, 0.25) is 0 Å². The van der Waals surface area contributed by atoms with E-state index in [0.29, 0.717) is 25.2 Å². The Morgan fingerprint density at radius 3 is 1.75 bits per heavy atom. The number of ether oxygens (including phenoxy) is 2. The third-order valence-corrected chi connectivity index (χ3v) is 13.3. The summed E-state index contributed by atoms with van der Waals surface area (Å²) in [4.78, 5) is 85.3. The van der Waals surface area contributed by atoms with Crippen molar-refractivity contribution in [3.63, 3.8) is 0 Å². The number of hydrogen-bond acceptors (Lipinski definition) is 9. The van der Waals surface area contributed by atoms with Crippen LogP contribution < -0.4 is 43.8 Å². The molecule has 4 aromatic rings. The maximum absolute atomic E-state index is 14.4. The minimum atomic E-state index is -1.20. The second-order valence-electron chi connectivity index (χ2n) is 18.4. The van der Waals surface area contributed by atoms with Crippen LogP contribution in [0.25, 0.3) is 11.1 Å². The van der Waals surface area contributed by atoms with E-state index in [2.05, 4.69) is 43.7 Å². The van der Waals surface area contributed by atoms with Crippen molar-refractivity contribution >= 4 is 41.8 Å². The van der Waals surface area contributed by atoms with Crippen molar-refractivity contribution in [2.75, 3.05) is 19.7 Å². The van der Waals surface area contributed by atoms with Gasteiger partial charge in [0.25, 0.3) is 0 Å². The van der Waals surface area contributed by atoms with Crippen LogP contribution in [0, 0.1) is 11.3 Å². The van der Waals surface area contributed by atoms with E-state index in [1.807, 2.05) is 72.8 Å². The van der Waals surface area contributed by atoms with Gasteiger partial charge in [0.15, 0.2) is 5.96 Å². The molecule has 69 heavy (non-hydrogen) atoms. The van der Waals surface area contributed by atoms with Crippen LogP contribution in [0.4, 0.5) is 9.59 Å². The quantitative estimate of drug-likeness (QED) is 0.0263. The Hall–Kier alpha value is -7.43. The van der Waals surface area contributed by atoms with Gasteiger partial charge in [-0.15, -0.1) is 0 Å². The number of fused-ring (bicyclic) bond motifs is 3. The zero-order valence-corrected chi connectivity index (χ0v) is 38.7. The van der Waals surface area contributed by atoms with Crippen LogP contribution in [0.15, 0.2) is 114 Å². The zero-order valence-electron chi connectivity index (χ0n) is 38.7. The number of carbonyl (C=O) groups is 6. The van der Waals surface area contributed by atoms with E-state index >= 15 is 0 Å². The average Bonchev–Trinajstić information content (AvgIpc) is 3.64. The molecule has 0 aromatic heterocycles. The van der Waals surface area contributed by atoms with Crippen LogP contribution in [0.5, 0.6) is 0 Å². The van der Waals surface area contributed by atoms with Crippen molar-refractivity contribution in [1.82, 2.24) is 26.6 Å². The van der Waals surface area contributed by atoms with Gasteiger partial charge >= 0.3 is 12.2 Å². The van der Waals surface area contributed by atoms with Crippen LogP contribution in [0.1, 0.15) is 86.0 Å². The number of amides is 6. The molecule has 2 bridgehead atoms. The lowest BCUT2D eigenvalue weighted by Gasteiger charge is -2.63. The fraction of sp³-hybridized carbons (Fsp3) is 0.404. The smallest absolute Gasteiger partial charge is 0.407 e. The molecular weight excluding hydrogens is 879 g/mol. The number of benzene rings is 4. The summed E-state index contributed by atoms with van der Waals surface area (Å²) in [6, 6.07) is 29.8. The van der Waals surface area contributed by atoms with Gasteiger partial charge in [-0.1, -0.05) is 109 Å². The number of carbonyl (C=O) groups excluding carboxylic acids is 6. The maximum atomic E-state index is 14.4. The molecule has 0 spiro atoms. The van der Waals surface area contributed by atoms with E-state index in [4.69, 9.17) is 26.7 Å². The summed E-state index contributed by atoms with van der Waals surface area (Å²) in [7, 11) is 0. The van der Waals surface area contributed by atoms with Crippen molar-refractivity contribution in [2.45, 2.75) is 101 Å². The number of nitrogens with two attached hydrogens (primary N) is 3. The fourth-order valence-corrected chi connectivity index (χ4v) is 9.70. The SMILES string of the molecule is NC(=O)[C@H](CCCCNC(=O)OCc1ccccc1)NC(=O)[C@H](Cc1ccccc1)NC(=O)[C@H](CCCN=C(N)N)NC(=O)[C@H](CC12CC(C1)C2)NC(=O)OCC1c2ccccc2-c2ccccc21. The van der Waals surface area contributed by atoms with Gasteiger partial charge in [-0.25, -0.2) is 9.59 Å². The van der Waals surface area contributed by atoms with Crippen molar-refractivity contribution in [2.24, 2.45) is 33.5 Å². The highest BCUT2D eigenvalue weighted by molar-refractivity contribution is 5.95. The summed E-state index contributed by atoms with van der Waals surface area (Å²) >= 11 is 0. The fourth-order valence-electron chi connectivity index (χ4n) is 9.70. The molecule has 364 valence electrons. The van der Waals surface area contributed by atoms with Gasteiger partial charge in [0.2, 0.25) is 23.6 Å². The summed E-state index contributed by atoms with van der Waals surface area (Å²) in [5, 5.41) is 13.9. The number of rotatable bonds is 25. The average molecular weight is 942 g/mol. The van der Waals surface area contributed by atoms with E-state index < -0.39 is 60.0 Å². The minimum Gasteiger partial charge on any atom is -0.449 e. The number of guanidine groups is 1. The standard InChI is InChI=1S/C52H63N9O8/c53-45(62)41(22-11-12-24-57-50(66)68-31-34-16-5-2-6-17-34)58-47(64)43(26-33-14-3-1-4-15-33)60-46(63)42(23-13-25-56-49(54)55)59-48(65)44(30-52-27-35(28-52)29-52)61-51(67)69-32-40-38-20-9-7-18-36(38)37-19-8-10-21-39(37)40/h1-10,14-21,35,40-44H,11-13,22-32H2,(H2,53,62)(H,57,66)(H,58,64)(H,59,65)(H,60,63)(H,61,67)(H4,54,55,56)/t35?,41-,42-,43-,44-,52?/m0/s1. The second kappa shape index (κ2) is 23.5. The Morgan fingerprint density at radius 1 is 0.594 bits per heavy atom. The van der Waals surface area contributed by atoms with Gasteiger partial charge in [-0.05, 0) is 103 Å². The van der Waals surface area contributed by atoms with Crippen molar-refractivity contribution in [3.8, 4) is 11.1 Å². The molecule has 0 unspecified atom stereocenters. The molecule has 4 aliphatic rings. The second-order valence-corrected chi connectivity index (χ2v) is 18.4. The Balaban J connectivity index is 0.993. The van der Waals surface area contributed by atoms with Gasteiger partial charge in [0, 0.05) is 25.4 Å². The molecule has 17 nitrogen and oxygen atoms in total. The molecular formula is C52H63N9O8. The Labute approximate surface area is 402 Å². The highest BCUT2D eigenvalue weighted by Crippen LogP contribution is 2.66. The summed E-state index contributed by atoms with van der Waals surface area (Å²) in [5.41, 5.74) is 22.7. The van der Waals surface area contributed by atoms with Crippen molar-refractivity contribution in [3.05, 3.63) is 131 Å². The number of primary amides is 1. The lowest BCUT2D eigenvalue weighted by Crippen LogP contribution is -2.61. The topological polar surface area (TPSA) is 271 Å². The van der Waals surface area contributed by atoms with Crippen LogP contribution in [0.3, 0.4) is 0 Å². The van der Waals surface area contributed by atoms with Gasteiger partial charge in [0.1, 0.15) is 37.4 Å². The van der Waals surface area contributed by atoms with Crippen molar-refractivity contribution < 1.29 is 38.2 Å².